The second kappa shape index (κ2) is 3.58. The van der Waals surface area contributed by atoms with Crippen molar-refractivity contribution in [3.05, 3.63) is 0 Å². The predicted molar refractivity (Wildman–Crippen MR) is 80.5 cm³/mol. The Kier molecular flexibility index (Phi) is 2.23. The number of carbonyl (C=O) groups is 1. The van der Waals surface area contributed by atoms with Gasteiger partial charge in [-0.15, -0.1) is 0 Å². The van der Waals surface area contributed by atoms with Crippen LogP contribution in [0, 0.1) is 45.8 Å². The van der Waals surface area contributed by atoms with Crippen molar-refractivity contribution in [2.75, 3.05) is 6.61 Å². The van der Waals surface area contributed by atoms with Crippen LogP contribution in [-0.2, 0) is 4.79 Å². The molecule has 0 aromatic carbocycles. The average Bonchev–Trinajstić information content (AvgIpc) is 3.03. The lowest BCUT2D eigenvalue weighted by Crippen LogP contribution is -2.60. The van der Waals surface area contributed by atoms with Gasteiger partial charge in [-0.2, -0.15) is 0 Å². The van der Waals surface area contributed by atoms with Crippen LogP contribution >= 0.6 is 0 Å². The van der Waals surface area contributed by atoms with Crippen molar-refractivity contribution in [3.8, 4) is 0 Å². The summed E-state index contributed by atoms with van der Waals surface area (Å²) in [5, 5.41) is 9.98. The fraction of sp³-hybridized carbons (Fsp3) is 0.947. The Hall–Kier alpha value is -0.370. The third kappa shape index (κ3) is 1.30. The maximum Gasteiger partial charge on any atom is 0.141 e. The van der Waals surface area contributed by atoms with E-state index < -0.39 is 5.41 Å². The van der Waals surface area contributed by atoms with Crippen molar-refractivity contribution in [1.82, 2.24) is 0 Å². The first-order chi connectivity index (χ1) is 9.95. The van der Waals surface area contributed by atoms with Crippen molar-refractivity contribution in [1.29, 1.82) is 0 Å². The average molecular weight is 288 g/mol. The molecule has 1 spiro atoms. The molecular weight excluding hydrogens is 260 g/mol. The molecule has 8 atom stereocenters. The van der Waals surface area contributed by atoms with Gasteiger partial charge in [-0.05, 0) is 78.9 Å². The van der Waals surface area contributed by atoms with Crippen LogP contribution < -0.4 is 0 Å². The van der Waals surface area contributed by atoms with E-state index in [4.69, 9.17) is 0 Å². The molecule has 2 nitrogen and oxygen atoms in total. The van der Waals surface area contributed by atoms with E-state index in [1.807, 2.05) is 0 Å². The summed E-state index contributed by atoms with van der Waals surface area (Å²) in [6.45, 7) is 4.60. The largest absolute Gasteiger partial charge is 0.395 e. The van der Waals surface area contributed by atoms with Gasteiger partial charge in [0.2, 0.25) is 0 Å². The van der Waals surface area contributed by atoms with E-state index in [0.29, 0.717) is 29.0 Å². The Labute approximate surface area is 127 Å². The summed E-state index contributed by atoms with van der Waals surface area (Å²) in [6.07, 6.45) is 8.74. The Morgan fingerprint density at radius 3 is 2.48 bits per heavy atom. The number of hydrogen-bond acceptors (Lipinski definition) is 2. The highest BCUT2D eigenvalue weighted by Gasteiger charge is 2.73. The highest BCUT2D eigenvalue weighted by molar-refractivity contribution is 5.86. The monoisotopic (exact) mass is 288 g/mol. The number of fused-ring (bicyclic) bond motifs is 1. The molecule has 21 heavy (non-hydrogen) atoms. The summed E-state index contributed by atoms with van der Waals surface area (Å²) in [6, 6.07) is 0. The van der Waals surface area contributed by atoms with Gasteiger partial charge in [0, 0.05) is 6.42 Å². The number of ketones is 1. The Bertz CT molecular complexity index is 514. The van der Waals surface area contributed by atoms with E-state index in [0.717, 1.165) is 30.1 Å². The first-order valence-corrected chi connectivity index (χ1v) is 9.09. The molecule has 6 aliphatic rings. The Balaban J connectivity index is 1.57. The van der Waals surface area contributed by atoms with E-state index in [2.05, 4.69) is 13.8 Å². The normalized spacial score (nSPS) is 64.0. The number of rotatable bonds is 1. The maximum absolute atomic E-state index is 12.5. The van der Waals surface area contributed by atoms with Gasteiger partial charge in [0.05, 0.1) is 12.0 Å². The van der Waals surface area contributed by atoms with Gasteiger partial charge in [-0.1, -0.05) is 13.8 Å². The molecule has 6 rings (SSSR count). The Morgan fingerprint density at radius 1 is 1.10 bits per heavy atom. The van der Waals surface area contributed by atoms with Crippen molar-refractivity contribution in [2.45, 2.75) is 58.8 Å². The van der Waals surface area contributed by atoms with Gasteiger partial charge >= 0.3 is 0 Å². The summed E-state index contributed by atoms with van der Waals surface area (Å²) < 4.78 is 0. The zero-order valence-corrected chi connectivity index (χ0v) is 13.4. The maximum atomic E-state index is 12.5. The predicted octanol–water partition coefficient (Wildman–Crippen LogP) is 3.43. The molecule has 0 aromatic rings. The van der Waals surface area contributed by atoms with Crippen LogP contribution in [0.1, 0.15) is 58.8 Å². The second-order valence-electron chi connectivity index (χ2n) is 9.65. The summed E-state index contributed by atoms with van der Waals surface area (Å²) in [5.41, 5.74) is 0.479. The van der Waals surface area contributed by atoms with Crippen LogP contribution in [0.5, 0.6) is 0 Å². The minimum absolute atomic E-state index is 0.0560. The molecule has 0 heterocycles. The standard InChI is InChI=1S/C19H28O2/c1-17-5-4-16(21)18(2,10-20)14(17)3-6-19-8-12-11(7-15(17)19)13(12)9-19/h11-15,20H,3-10H2,1-2H3/t11?,12-,13+,14-,15+,17+,18+,19?/m0/s1. The van der Waals surface area contributed by atoms with Crippen molar-refractivity contribution >= 4 is 5.78 Å². The highest BCUT2D eigenvalue weighted by atomic mass is 16.3. The van der Waals surface area contributed by atoms with Gasteiger partial charge < -0.3 is 5.11 Å². The van der Waals surface area contributed by atoms with Crippen molar-refractivity contribution in [2.24, 2.45) is 45.8 Å². The number of aliphatic hydroxyl groups excluding tert-OH is 1. The second-order valence-corrected chi connectivity index (χ2v) is 9.65. The van der Waals surface area contributed by atoms with Gasteiger partial charge in [0.1, 0.15) is 5.78 Å². The lowest BCUT2D eigenvalue weighted by atomic mass is 9.40. The molecule has 0 aliphatic heterocycles. The first-order valence-electron chi connectivity index (χ1n) is 9.09. The van der Waals surface area contributed by atoms with Gasteiger partial charge in [-0.3, -0.25) is 4.79 Å². The first kappa shape index (κ1) is 13.1. The summed E-state index contributed by atoms with van der Waals surface area (Å²) in [5.74, 6) is 4.77. The molecule has 6 fully saturated rings. The van der Waals surface area contributed by atoms with E-state index in [9.17, 15) is 9.90 Å². The lowest BCUT2D eigenvalue weighted by molar-refractivity contribution is -0.179. The van der Waals surface area contributed by atoms with Crippen LogP contribution in [0.2, 0.25) is 0 Å². The summed E-state index contributed by atoms with van der Waals surface area (Å²) >= 11 is 0. The van der Waals surface area contributed by atoms with Gasteiger partial charge in [0.15, 0.2) is 0 Å². The summed E-state index contributed by atoms with van der Waals surface area (Å²) in [4.78, 5) is 12.5. The van der Waals surface area contributed by atoms with Gasteiger partial charge in [0.25, 0.3) is 0 Å². The van der Waals surface area contributed by atoms with Crippen molar-refractivity contribution < 1.29 is 9.90 Å². The third-order valence-electron chi connectivity index (χ3n) is 9.19. The van der Waals surface area contributed by atoms with Crippen molar-refractivity contribution in [3.63, 3.8) is 0 Å². The van der Waals surface area contributed by atoms with E-state index in [-0.39, 0.29) is 6.61 Å². The van der Waals surface area contributed by atoms with E-state index in [1.165, 1.54) is 32.1 Å². The van der Waals surface area contributed by atoms with Crippen LogP contribution in [-0.4, -0.2) is 17.5 Å². The molecule has 2 unspecified atom stereocenters. The molecule has 0 aromatic heterocycles. The minimum atomic E-state index is -0.460. The molecule has 6 saturated carbocycles. The molecule has 0 radical (unpaired) electrons. The van der Waals surface area contributed by atoms with Crippen LogP contribution in [0.4, 0.5) is 0 Å². The quantitative estimate of drug-likeness (QED) is 0.802. The smallest absolute Gasteiger partial charge is 0.141 e. The number of Topliss-reactive ketones (excluding diaryl/α,β-unsaturated/α-hetero) is 1. The molecule has 0 saturated heterocycles. The molecule has 4 bridgehead atoms. The number of carbonyl (C=O) groups excluding carboxylic acids is 1. The third-order valence-corrected chi connectivity index (χ3v) is 9.19. The lowest BCUT2D eigenvalue weighted by Gasteiger charge is -2.64. The van der Waals surface area contributed by atoms with E-state index >= 15 is 0 Å². The molecule has 0 amide bonds. The number of aliphatic hydroxyl groups is 1. The van der Waals surface area contributed by atoms with Crippen LogP contribution in [0.3, 0.4) is 0 Å². The zero-order valence-electron chi connectivity index (χ0n) is 13.4. The van der Waals surface area contributed by atoms with E-state index in [1.54, 1.807) is 0 Å². The summed E-state index contributed by atoms with van der Waals surface area (Å²) in [7, 11) is 0. The number of hydrogen-bond donors (Lipinski definition) is 1. The topological polar surface area (TPSA) is 37.3 Å². The fourth-order valence-corrected chi connectivity index (χ4v) is 8.12. The zero-order chi connectivity index (χ0) is 14.6. The molecular formula is C19H28O2. The fourth-order valence-electron chi connectivity index (χ4n) is 8.12. The van der Waals surface area contributed by atoms with Crippen LogP contribution in [0.15, 0.2) is 0 Å². The SMILES string of the molecule is C[C@@]12CCC(=O)[C@](C)(CO)[C@H]1CCC13C[C@@H]4C(C[C@@H]12)[C@@H]4C3. The molecule has 6 aliphatic carbocycles. The van der Waals surface area contributed by atoms with Crippen LogP contribution in [0.25, 0.3) is 0 Å². The van der Waals surface area contributed by atoms with Gasteiger partial charge in [-0.25, -0.2) is 0 Å². The molecule has 1 N–H and O–H groups in total. The highest BCUT2D eigenvalue weighted by Crippen LogP contribution is 2.80. The Morgan fingerprint density at radius 2 is 1.81 bits per heavy atom. The molecule has 2 heteroatoms. The molecule has 116 valence electrons. The minimum Gasteiger partial charge on any atom is -0.395 e.